The highest BCUT2D eigenvalue weighted by Crippen LogP contribution is 2.22. The fourth-order valence-corrected chi connectivity index (χ4v) is 4.58. The number of aliphatic carboxylic acids is 1. The molecule has 0 aromatic heterocycles. The van der Waals surface area contributed by atoms with Crippen molar-refractivity contribution in [2.45, 2.75) is 69.4 Å². The summed E-state index contributed by atoms with van der Waals surface area (Å²) >= 11 is 1.85. The van der Waals surface area contributed by atoms with Crippen LogP contribution in [0, 0.1) is 11.2 Å². The first-order chi connectivity index (χ1) is 17.0. The number of carbonyl (C=O) groups is 2. The Labute approximate surface area is 214 Å². The van der Waals surface area contributed by atoms with Crippen LogP contribution in [0.1, 0.15) is 62.2 Å². The van der Waals surface area contributed by atoms with Gasteiger partial charge in [-0.25, -0.2) is 5.26 Å². The van der Waals surface area contributed by atoms with Gasteiger partial charge in [-0.05, 0) is 67.4 Å². The summed E-state index contributed by atoms with van der Waals surface area (Å²) in [6, 6.07) is 15.2. The fraction of sp³-hybridized carbons (Fsp3) is 0.444. The Morgan fingerprint density at radius 2 is 1.77 bits per heavy atom. The molecule has 0 aliphatic rings. The number of hydrogen-bond donors (Lipinski definition) is 3. The zero-order chi connectivity index (χ0) is 25.3. The van der Waals surface area contributed by atoms with E-state index in [9.17, 15) is 14.9 Å². The molecule has 0 bridgehead atoms. The molecule has 0 saturated carbocycles. The number of anilines is 2. The van der Waals surface area contributed by atoms with E-state index in [0.29, 0.717) is 31.2 Å². The van der Waals surface area contributed by atoms with Crippen molar-refractivity contribution in [2.75, 3.05) is 22.9 Å². The Morgan fingerprint density at radius 1 is 1.00 bits per heavy atom. The third-order valence-corrected chi connectivity index (χ3v) is 6.80. The lowest BCUT2D eigenvalue weighted by molar-refractivity contribution is -0.137. The number of thioether (sulfide) groups is 1. The van der Waals surface area contributed by atoms with E-state index in [1.54, 1.807) is 12.1 Å². The first-order valence-corrected chi connectivity index (χ1v) is 13.5. The minimum absolute atomic E-state index is 0.0868. The molecule has 0 fully saturated rings. The van der Waals surface area contributed by atoms with E-state index >= 15 is 0 Å². The van der Waals surface area contributed by atoms with Crippen molar-refractivity contribution in [1.29, 1.82) is 5.26 Å². The largest absolute Gasteiger partial charge is 0.481 e. The van der Waals surface area contributed by atoms with Gasteiger partial charge in [0.05, 0.1) is 0 Å². The van der Waals surface area contributed by atoms with Crippen molar-refractivity contribution in [2.24, 2.45) is 0 Å². The van der Waals surface area contributed by atoms with Crippen LogP contribution in [-0.2, 0) is 4.79 Å². The zero-order valence-corrected chi connectivity index (χ0v) is 21.4. The molecule has 0 aliphatic heterocycles. The molecule has 0 spiro atoms. The number of nitrogens with one attached hydrogen (secondary N) is 2. The van der Waals surface area contributed by atoms with Crippen LogP contribution in [0.2, 0.25) is 12.6 Å². The zero-order valence-electron chi connectivity index (χ0n) is 20.6. The van der Waals surface area contributed by atoms with E-state index in [2.05, 4.69) is 23.5 Å². The molecule has 186 valence electrons. The van der Waals surface area contributed by atoms with Gasteiger partial charge in [0.15, 0.2) is 0 Å². The quantitative estimate of drug-likeness (QED) is 0.127. The van der Waals surface area contributed by atoms with Crippen molar-refractivity contribution < 1.29 is 14.7 Å². The summed E-state index contributed by atoms with van der Waals surface area (Å²) in [6.45, 7) is 2.62. The summed E-state index contributed by atoms with van der Waals surface area (Å²) in [4.78, 5) is 24.6. The lowest BCUT2D eigenvalue weighted by atomic mass is 9.46. The molecule has 2 rings (SSSR count). The lowest BCUT2D eigenvalue weighted by Gasteiger charge is -2.10. The van der Waals surface area contributed by atoms with Gasteiger partial charge in [-0.3, -0.25) is 9.59 Å². The predicted molar refractivity (Wildman–Crippen MR) is 147 cm³/mol. The van der Waals surface area contributed by atoms with Gasteiger partial charge in [0.1, 0.15) is 0 Å². The molecule has 0 atom stereocenters. The van der Waals surface area contributed by atoms with Gasteiger partial charge in [0, 0.05) is 40.8 Å². The number of carboxylic acids is 1. The molecule has 6 nitrogen and oxygen atoms in total. The molecule has 0 radical (unpaired) electrons. The fourth-order valence-electron chi connectivity index (χ4n) is 3.67. The number of nitriles is 1. The number of carbonyl (C=O) groups excluding carboxylic acids is 1. The van der Waals surface area contributed by atoms with Crippen molar-refractivity contribution >= 4 is 41.7 Å². The van der Waals surface area contributed by atoms with Crippen LogP contribution in [0.4, 0.5) is 11.4 Å². The SMILES string of the molecule is CCCCCCCSc1ccc(NC(=O)c2cccc(NCCB(C#N)CCCC(=O)O)c2)cc1. The van der Waals surface area contributed by atoms with E-state index in [1.165, 1.54) is 37.0 Å². The van der Waals surface area contributed by atoms with Crippen LogP contribution in [0.15, 0.2) is 53.4 Å². The third-order valence-electron chi connectivity index (χ3n) is 5.70. The molecule has 0 heterocycles. The van der Waals surface area contributed by atoms with Gasteiger partial charge in [-0.2, -0.15) is 0 Å². The smallest absolute Gasteiger partial charge is 0.303 e. The maximum Gasteiger partial charge on any atom is 0.303 e. The highest BCUT2D eigenvalue weighted by Gasteiger charge is 2.14. The number of rotatable bonds is 17. The monoisotopic (exact) mass is 493 g/mol. The van der Waals surface area contributed by atoms with E-state index in [1.807, 2.05) is 48.2 Å². The van der Waals surface area contributed by atoms with Crippen LogP contribution in [-0.4, -0.2) is 36.0 Å². The molecule has 3 N–H and O–H groups in total. The molecule has 2 aromatic carbocycles. The van der Waals surface area contributed by atoms with Crippen molar-refractivity contribution in [3.63, 3.8) is 0 Å². The summed E-state index contributed by atoms with van der Waals surface area (Å²) in [5.41, 5.74) is 2.13. The number of unbranched alkanes of at least 4 members (excludes halogenated alkanes) is 4. The second kappa shape index (κ2) is 16.7. The lowest BCUT2D eigenvalue weighted by Crippen LogP contribution is -2.16. The Kier molecular flexibility index (Phi) is 13.5. The van der Waals surface area contributed by atoms with E-state index in [4.69, 9.17) is 5.11 Å². The topological polar surface area (TPSA) is 102 Å². The van der Waals surface area contributed by atoms with Crippen LogP contribution in [0.25, 0.3) is 0 Å². The van der Waals surface area contributed by atoms with Crippen LogP contribution >= 0.6 is 11.8 Å². The average Bonchev–Trinajstić information content (AvgIpc) is 2.86. The van der Waals surface area contributed by atoms with Crippen molar-refractivity contribution in [1.82, 2.24) is 0 Å². The third kappa shape index (κ3) is 11.9. The summed E-state index contributed by atoms with van der Waals surface area (Å²) in [6.07, 6.45) is 8.19. The average molecular weight is 493 g/mol. The highest BCUT2D eigenvalue weighted by atomic mass is 32.2. The molecular formula is C27H36BN3O3S. The summed E-state index contributed by atoms with van der Waals surface area (Å²) in [7, 11) is 0. The second-order valence-electron chi connectivity index (χ2n) is 8.65. The number of benzene rings is 2. The Bertz CT molecular complexity index is 963. The van der Waals surface area contributed by atoms with Crippen LogP contribution < -0.4 is 10.6 Å². The molecule has 8 heteroatoms. The summed E-state index contributed by atoms with van der Waals surface area (Å²) in [5, 5.41) is 24.2. The number of hydrogen-bond acceptors (Lipinski definition) is 5. The Morgan fingerprint density at radius 3 is 2.49 bits per heavy atom. The highest BCUT2D eigenvalue weighted by molar-refractivity contribution is 7.99. The maximum absolute atomic E-state index is 12.7. The molecular weight excluding hydrogens is 457 g/mol. The number of nitrogens with zero attached hydrogens (tertiary/aromatic N) is 1. The Balaban J connectivity index is 1.77. The van der Waals surface area contributed by atoms with Crippen molar-refractivity contribution in [3.05, 3.63) is 54.1 Å². The maximum atomic E-state index is 12.7. The Hall–Kier alpha value is -2.92. The second-order valence-corrected chi connectivity index (χ2v) is 9.82. The molecule has 1 amide bonds. The predicted octanol–water partition coefficient (Wildman–Crippen LogP) is 6.84. The first-order valence-electron chi connectivity index (χ1n) is 12.5. The standard InChI is InChI=1S/C27H36BN3O3S/c1-2-3-4-5-6-19-35-25-14-12-23(13-15-25)31-27(34)22-9-7-10-24(20-22)30-18-17-28(21-29)16-8-11-26(32)33/h7,9-10,12-15,20,30H,2-6,8,11,16-19H2,1H3,(H,31,34)(H,32,33). The molecule has 2 aromatic rings. The molecule has 0 aliphatic carbocycles. The van der Waals surface area contributed by atoms with Gasteiger partial charge in [-0.1, -0.05) is 45.0 Å². The number of amides is 1. The summed E-state index contributed by atoms with van der Waals surface area (Å²) < 4.78 is 0. The summed E-state index contributed by atoms with van der Waals surface area (Å²) in [5.74, 6) is 2.36. The van der Waals surface area contributed by atoms with Gasteiger partial charge in [-0.15, -0.1) is 11.8 Å². The van der Waals surface area contributed by atoms with Gasteiger partial charge in [0.25, 0.3) is 12.6 Å². The van der Waals surface area contributed by atoms with E-state index in [-0.39, 0.29) is 19.0 Å². The number of carboxylic acid groups (broad SMARTS) is 1. The van der Waals surface area contributed by atoms with Crippen molar-refractivity contribution in [3.8, 4) is 5.97 Å². The van der Waals surface area contributed by atoms with Crippen LogP contribution in [0.5, 0.6) is 0 Å². The van der Waals surface area contributed by atoms with E-state index in [0.717, 1.165) is 17.1 Å². The van der Waals surface area contributed by atoms with E-state index < -0.39 is 5.97 Å². The molecule has 0 saturated heterocycles. The van der Waals surface area contributed by atoms with Gasteiger partial charge >= 0.3 is 5.97 Å². The minimum Gasteiger partial charge on any atom is -0.481 e. The normalized spacial score (nSPS) is 10.4. The minimum atomic E-state index is -0.835. The van der Waals surface area contributed by atoms with Gasteiger partial charge in [0.2, 0.25) is 0 Å². The molecule has 35 heavy (non-hydrogen) atoms. The van der Waals surface area contributed by atoms with Crippen LogP contribution in [0.3, 0.4) is 0 Å². The van der Waals surface area contributed by atoms with Gasteiger partial charge < -0.3 is 15.7 Å². The first kappa shape index (κ1) is 28.3. The molecule has 0 unspecified atom stereocenters.